The van der Waals surface area contributed by atoms with Crippen molar-refractivity contribution in [3.05, 3.63) is 0 Å². The second-order valence-corrected chi connectivity index (χ2v) is 20.0. The topological polar surface area (TPSA) is 170 Å². The molecule has 0 amide bonds. The maximum atomic E-state index is 9.18. The van der Waals surface area contributed by atoms with E-state index in [2.05, 4.69) is 36.4 Å². The van der Waals surface area contributed by atoms with Crippen LogP contribution in [0.25, 0.3) is 0 Å². The number of hydrogen-bond donors (Lipinski definition) is 0. The predicted molar refractivity (Wildman–Crippen MR) is 138 cm³/mol. The average molecular weight is 541 g/mol. The standard InChI is InChI=1S/C24H36N6O3Si3/c25-13-1-7-19-34(20-8-2-14-26)31-35(21-9-3-15-27,22-10-4-16-28)33-36(32-34,23-11-5-17-29)24-12-6-18-30/h1-12,19-24H2. The second-order valence-electron chi connectivity index (χ2n) is 9.11. The molecule has 0 aromatic rings. The summed E-state index contributed by atoms with van der Waals surface area (Å²) in [4.78, 5) is 0. The van der Waals surface area contributed by atoms with Crippen LogP contribution in [0.5, 0.6) is 0 Å². The SMILES string of the molecule is N#CCCC[Si]1(CCCC#N)O[Si](CCCC#N)(CCCC#N)O[Si](CCCC#N)(CCCC#N)O1. The third-order valence-electron chi connectivity index (χ3n) is 6.19. The van der Waals surface area contributed by atoms with Crippen LogP contribution in [-0.4, -0.2) is 25.7 Å². The summed E-state index contributed by atoms with van der Waals surface area (Å²) in [6, 6.07) is 17.0. The van der Waals surface area contributed by atoms with E-state index >= 15 is 0 Å². The molecule has 0 aromatic carbocycles. The van der Waals surface area contributed by atoms with Crippen LogP contribution >= 0.6 is 0 Å². The molecule has 9 nitrogen and oxygen atoms in total. The van der Waals surface area contributed by atoms with Gasteiger partial charge in [-0.15, -0.1) is 0 Å². The molecule has 12 heteroatoms. The van der Waals surface area contributed by atoms with Crippen LogP contribution in [0.3, 0.4) is 0 Å². The van der Waals surface area contributed by atoms with E-state index in [1.165, 1.54) is 0 Å². The fourth-order valence-corrected chi connectivity index (χ4v) is 24.4. The lowest BCUT2D eigenvalue weighted by molar-refractivity contribution is 0.203. The Hall–Kier alpha value is -2.53. The van der Waals surface area contributed by atoms with Crippen LogP contribution in [0.4, 0.5) is 0 Å². The molecule has 192 valence electrons. The van der Waals surface area contributed by atoms with Gasteiger partial charge in [0, 0.05) is 38.5 Å². The first-order valence-corrected chi connectivity index (χ1v) is 19.5. The maximum Gasteiger partial charge on any atom is 0.320 e. The Bertz CT molecular complexity index is 731. The maximum absolute atomic E-state index is 9.18. The first-order valence-electron chi connectivity index (χ1n) is 12.8. The van der Waals surface area contributed by atoms with Crippen molar-refractivity contribution >= 4 is 25.7 Å². The van der Waals surface area contributed by atoms with Crippen molar-refractivity contribution in [3.63, 3.8) is 0 Å². The Balaban J connectivity index is 3.54. The van der Waals surface area contributed by atoms with Crippen LogP contribution in [0.15, 0.2) is 0 Å². The zero-order chi connectivity index (χ0) is 26.6. The molecule has 0 bridgehead atoms. The van der Waals surface area contributed by atoms with E-state index in [0.717, 1.165) is 0 Å². The lowest BCUT2D eigenvalue weighted by atomic mass is 10.4. The molecule has 0 N–H and O–H groups in total. The monoisotopic (exact) mass is 540 g/mol. The number of unbranched alkanes of at least 4 members (excludes halogenated alkanes) is 6. The molecule has 1 rings (SSSR count). The van der Waals surface area contributed by atoms with Crippen LogP contribution in [0.1, 0.15) is 77.0 Å². The molecule has 0 aliphatic carbocycles. The van der Waals surface area contributed by atoms with E-state index in [9.17, 15) is 31.6 Å². The molecule has 1 heterocycles. The van der Waals surface area contributed by atoms with Gasteiger partial charge in [0.15, 0.2) is 0 Å². The average Bonchev–Trinajstić information content (AvgIpc) is 2.85. The molecule has 0 radical (unpaired) electrons. The zero-order valence-electron chi connectivity index (χ0n) is 21.1. The summed E-state index contributed by atoms with van der Waals surface area (Å²) in [6.07, 6.45) is 6.12. The summed E-state index contributed by atoms with van der Waals surface area (Å²) >= 11 is 0. The zero-order valence-corrected chi connectivity index (χ0v) is 24.1. The van der Waals surface area contributed by atoms with Crippen molar-refractivity contribution in [1.29, 1.82) is 31.6 Å². The Morgan fingerprint density at radius 3 is 0.639 bits per heavy atom. The van der Waals surface area contributed by atoms with Gasteiger partial charge in [-0.25, -0.2) is 0 Å². The third-order valence-corrected chi connectivity index (χ3v) is 21.8. The molecule has 1 aliphatic heterocycles. The highest BCUT2D eigenvalue weighted by Gasteiger charge is 2.60. The predicted octanol–water partition coefficient (Wildman–Crippen LogP) is 6.20. The highest BCUT2D eigenvalue weighted by atomic mass is 28.5. The summed E-state index contributed by atoms with van der Waals surface area (Å²) in [6.45, 7) is 0. The van der Waals surface area contributed by atoms with Gasteiger partial charge in [-0.3, -0.25) is 0 Å². The van der Waals surface area contributed by atoms with Gasteiger partial charge in [0.05, 0.1) is 36.4 Å². The first-order chi connectivity index (χ1) is 17.5. The molecule has 0 spiro atoms. The third kappa shape index (κ3) is 11.0. The fourth-order valence-electron chi connectivity index (χ4n) is 4.69. The molecule has 36 heavy (non-hydrogen) atoms. The minimum absolute atomic E-state index is 0.384. The van der Waals surface area contributed by atoms with Crippen LogP contribution in [-0.2, 0) is 12.3 Å². The van der Waals surface area contributed by atoms with Gasteiger partial charge >= 0.3 is 25.7 Å². The molecule has 0 aromatic heterocycles. The number of rotatable bonds is 18. The van der Waals surface area contributed by atoms with Gasteiger partial charge in [0.2, 0.25) is 0 Å². The van der Waals surface area contributed by atoms with Gasteiger partial charge in [-0.05, 0) is 74.8 Å². The van der Waals surface area contributed by atoms with Gasteiger partial charge in [0.25, 0.3) is 0 Å². The van der Waals surface area contributed by atoms with Crippen molar-refractivity contribution < 1.29 is 12.3 Å². The molecule has 1 aliphatic rings. The lowest BCUT2D eigenvalue weighted by Gasteiger charge is -2.54. The first kappa shape index (κ1) is 31.5. The summed E-state index contributed by atoms with van der Waals surface area (Å²) in [7, 11) is -8.71. The summed E-state index contributed by atoms with van der Waals surface area (Å²) in [5.41, 5.74) is 0. The Labute approximate surface area is 219 Å². The van der Waals surface area contributed by atoms with Gasteiger partial charge in [-0.1, -0.05) is 0 Å². The number of nitrogens with zero attached hydrogens (tertiary/aromatic N) is 6. The Morgan fingerprint density at radius 2 is 0.500 bits per heavy atom. The van der Waals surface area contributed by atoms with Gasteiger partial charge in [0.1, 0.15) is 0 Å². The fraction of sp³-hybridized carbons (Fsp3) is 0.750. The molecule has 1 fully saturated rings. The smallest absolute Gasteiger partial charge is 0.320 e. The minimum atomic E-state index is -2.90. The molecular formula is C24H36N6O3Si3. The van der Waals surface area contributed by atoms with Gasteiger partial charge < -0.3 is 12.3 Å². The second kappa shape index (κ2) is 17.8. The van der Waals surface area contributed by atoms with Crippen molar-refractivity contribution in [1.82, 2.24) is 0 Å². The van der Waals surface area contributed by atoms with Gasteiger partial charge in [-0.2, -0.15) is 31.6 Å². The van der Waals surface area contributed by atoms with Crippen molar-refractivity contribution in [2.45, 2.75) is 113 Å². The normalized spacial score (nSPS) is 16.8. The van der Waals surface area contributed by atoms with Crippen LogP contribution in [0, 0.1) is 68.0 Å². The summed E-state index contributed by atoms with van der Waals surface area (Å²) in [5, 5.41) is 55.1. The van der Waals surface area contributed by atoms with E-state index in [4.69, 9.17) is 12.3 Å². The molecule has 0 saturated carbocycles. The number of nitriles is 6. The quantitative estimate of drug-likeness (QED) is 0.145. The van der Waals surface area contributed by atoms with Crippen LogP contribution in [0.2, 0.25) is 36.3 Å². The van der Waals surface area contributed by atoms with E-state index in [0.29, 0.717) is 113 Å². The van der Waals surface area contributed by atoms with E-state index < -0.39 is 25.7 Å². The lowest BCUT2D eigenvalue weighted by Crippen LogP contribution is -2.70. The van der Waals surface area contributed by atoms with E-state index in [1.54, 1.807) is 0 Å². The van der Waals surface area contributed by atoms with Crippen molar-refractivity contribution in [2.75, 3.05) is 0 Å². The highest BCUT2D eigenvalue weighted by Crippen LogP contribution is 2.45. The molecule has 0 unspecified atom stereocenters. The minimum Gasteiger partial charge on any atom is -0.415 e. The largest absolute Gasteiger partial charge is 0.415 e. The number of hydrogen-bond acceptors (Lipinski definition) is 9. The highest BCUT2D eigenvalue weighted by molar-refractivity contribution is 6.94. The Kier molecular flexibility index (Phi) is 15.6. The van der Waals surface area contributed by atoms with Crippen molar-refractivity contribution in [3.8, 4) is 36.4 Å². The van der Waals surface area contributed by atoms with E-state index in [1.807, 2.05) is 0 Å². The molecular weight excluding hydrogens is 505 g/mol. The van der Waals surface area contributed by atoms with Crippen molar-refractivity contribution in [2.24, 2.45) is 0 Å². The summed E-state index contributed by atoms with van der Waals surface area (Å²) in [5.74, 6) is 0. The van der Waals surface area contributed by atoms with Crippen LogP contribution < -0.4 is 0 Å². The Morgan fingerprint density at radius 1 is 0.333 bits per heavy atom. The molecule has 0 atom stereocenters. The summed E-state index contributed by atoms with van der Waals surface area (Å²) < 4.78 is 21.0. The molecule has 1 saturated heterocycles. The van der Waals surface area contributed by atoms with E-state index in [-0.39, 0.29) is 0 Å².